The van der Waals surface area contributed by atoms with Gasteiger partial charge in [0, 0.05) is 11.3 Å². The number of hydrazone groups is 1. The van der Waals surface area contributed by atoms with Crippen molar-refractivity contribution in [2.75, 3.05) is 5.32 Å². The second kappa shape index (κ2) is 6.83. The van der Waals surface area contributed by atoms with Crippen molar-refractivity contribution in [2.45, 2.75) is 0 Å². The lowest BCUT2D eigenvalue weighted by Gasteiger charge is -2.06. The van der Waals surface area contributed by atoms with E-state index in [2.05, 4.69) is 34.0 Å². The first-order valence-electron chi connectivity index (χ1n) is 6.96. The molecule has 3 nitrogen and oxygen atoms in total. The average Bonchev–Trinajstić information content (AvgIpc) is 2.56. The van der Waals surface area contributed by atoms with E-state index < -0.39 is 0 Å². The molecule has 0 unspecified atom stereocenters. The number of fused-ring (bicyclic) bond motifs is 1. The van der Waals surface area contributed by atoms with Crippen LogP contribution >= 0.6 is 12.2 Å². The lowest BCUT2D eigenvalue weighted by atomic mass is 10.1. The molecule has 2 N–H and O–H groups in total. The minimum Gasteiger partial charge on any atom is -0.331 e. The fraction of sp³-hybridized carbons (Fsp3) is 0. The van der Waals surface area contributed by atoms with Crippen molar-refractivity contribution in [2.24, 2.45) is 5.10 Å². The number of thiocarbonyl (C=S) groups is 1. The fourth-order valence-electron chi connectivity index (χ4n) is 2.20. The van der Waals surface area contributed by atoms with E-state index in [0.717, 1.165) is 16.6 Å². The molecule has 22 heavy (non-hydrogen) atoms. The third-order valence-electron chi connectivity index (χ3n) is 3.22. The highest BCUT2D eigenvalue weighted by Crippen LogP contribution is 2.16. The molecule has 0 aliphatic carbocycles. The molecule has 0 aromatic heterocycles. The Bertz CT molecular complexity index is 807. The Balaban J connectivity index is 1.67. The topological polar surface area (TPSA) is 36.4 Å². The van der Waals surface area contributed by atoms with Crippen LogP contribution in [-0.2, 0) is 0 Å². The molecule has 3 rings (SSSR count). The quantitative estimate of drug-likeness (QED) is 0.433. The first-order chi connectivity index (χ1) is 10.8. The molecule has 0 heterocycles. The highest BCUT2D eigenvalue weighted by Gasteiger charge is 1.98. The van der Waals surface area contributed by atoms with Gasteiger partial charge in [-0.1, -0.05) is 60.7 Å². The van der Waals surface area contributed by atoms with Crippen molar-refractivity contribution in [3.05, 3.63) is 78.4 Å². The number of nitrogens with zero attached hydrogens (tertiary/aromatic N) is 1. The average molecular weight is 305 g/mol. The highest BCUT2D eigenvalue weighted by atomic mass is 32.1. The molecule has 0 radical (unpaired) electrons. The zero-order valence-electron chi connectivity index (χ0n) is 11.9. The highest BCUT2D eigenvalue weighted by molar-refractivity contribution is 7.80. The van der Waals surface area contributed by atoms with Crippen LogP contribution in [0.15, 0.2) is 77.9 Å². The predicted octanol–water partition coefficient (Wildman–Crippen LogP) is 4.16. The van der Waals surface area contributed by atoms with Gasteiger partial charge in [-0.2, -0.15) is 5.10 Å². The van der Waals surface area contributed by atoms with Crippen LogP contribution in [0, 0.1) is 0 Å². The van der Waals surface area contributed by atoms with Crippen molar-refractivity contribution >= 4 is 40.0 Å². The van der Waals surface area contributed by atoms with Crippen LogP contribution in [0.5, 0.6) is 0 Å². The van der Waals surface area contributed by atoms with Crippen molar-refractivity contribution in [3.63, 3.8) is 0 Å². The number of anilines is 1. The van der Waals surface area contributed by atoms with Crippen LogP contribution in [0.3, 0.4) is 0 Å². The van der Waals surface area contributed by atoms with Crippen LogP contribution < -0.4 is 10.7 Å². The number of hydrogen-bond acceptors (Lipinski definition) is 2. The van der Waals surface area contributed by atoms with Gasteiger partial charge < -0.3 is 5.32 Å². The van der Waals surface area contributed by atoms with E-state index in [1.54, 1.807) is 6.21 Å². The van der Waals surface area contributed by atoms with Crippen molar-refractivity contribution in [1.29, 1.82) is 0 Å². The molecule has 0 atom stereocenters. The van der Waals surface area contributed by atoms with Crippen LogP contribution in [0.2, 0.25) is 0 Å². The van der Waals surface area contributed by atoms with Gasteiger partial charge in [0.25, 0.3) is 0 Å². The molecule has 0 amide bonds. The molecule has 0 fully saturated rings. The van der Waals surface area contributed by atoms with E-state index in [-0.39, 0.29) is 0 Å². The summed E-state index contributed by atoms with van der Waals surface area (Å²) in [6.07, 6.45) is 1.78. The van der Waals surface area contributed by atoms with Crippen molar-refractivity contribution in [3.8, 4) is 0 Å². The molecule has 0 bridgehead atoms. The smallest absolute Gasteiger partial charge is 0.191 e. The Morgan fingerprint density at radius 3 is 2.45 bits per heavy atom. The van der Waals surface area contributed by atoms with Gasteiger partial charge in [0.2, 0.25) is 0 Å². The molecule has 0 aliphatic heterocycles. The van der Waals surface area contributed by atoms with E-state index in [4.69, 9.17) is 12.2 Å². The van der Waals surface area contributed by atoms with E-state index in [0.29, 0.717) is 5.11 Å². The molecule has 4 heteroatoms. The number of hydrogen-bond donors (Lipinski definition) is 2. The minimum atomic E-state index is 0.461. The lowest BCUT2D eigenvalue weighted by molar-refractivity contribution is 1.05. The van der Waals surface area contributed by atoms with Crippen molar-refractivity contribution in [1.82, 2.24) is 5.43 Å². The van der Waals surface area contributed by atoms with Gasteiger partial charge in [-0.3, -0.25) is 5.43 Å². The summed E-state index contributed by atoms with van der Waals surface area (Å²) in [6, 6.07) is 24.1. The Morgan fingerprint density at radius 2 is 1.59 bits per heavy atom. The molecular formula is C18H15N3S. The van der Waals surface area contributed by atoms with E-state index in [1.165, 1.54) is 5.39 Å². The number of nitrogens with one attached hydrogen (secondary N) is 2. The van der Waals surface area contributed by atoms with Gasteiger partial charge >= 0.3 is 0 Å². The summed E-state index contributed by atoms with van der Waals surface area (Å²) < 4.78 is 0. The Hall–Kier alpha value is -2.72. The molecule has 0 spiro atoms. The Morgan fingerprint density at radius 1 is 0.864 bits per heavy atom. The summed E-state index contributed by atoms with van der Waals surface area (Å²) in [4.78, 5) is 0. The SMILES string of the molecule is S=C(N/N=C/c1cccc2ccccc12)Nc1ccccc1. The van der Waals surface area contributed by atoms with Crippen LogP contribution in [0.25, 0.3) is 10.8 Å². The van der Waals surface area contributed by atoms with Crippen LogP contribution in [0.1, 0.15) is 5.56 Å². The fourth-order valence-corrected chi connectivity index (χ4v) is 2.37. The molecule has 108 valence electrons. The standard InChI is InChI=1S/C18H15N3S/c22-18(20-16-10-2-1-3-11-16)21-19-13-15-9-6-8-14-7-4-5-12-17(14)15/h1-13H,(H2,20,21,22)/b19-13+. The lowest BCUT2D eigenvalue weighted by Crippen LogP contribution is -2.23. The Kier molecular flexibility index (Phi) is 4.41. The van der Waals surface area contributed by atoms with Gasteiger partial charge in [0.15, 0.2) is 5.11 Å². The maximum absolute atomic E-state index is 5.21. The number of para-hydroxylation sites is 1. The van der Waals surface area contributed by atoms with Gasteiger partial charge in [-0.25, -0.2) is 0 Å². The maximum atomic E-state index is 5.21. The molecule has 3 aromatic rings. The second-order valence-electron chi connectivity index (χ2n) is 4.76. The van der Waals surface area contributed by atoms with E-state index >= 15 is 0 Å². The third-order valence-corrected chi connectivity index (χ3v) is 3.42. The molecule has 0 aliphatic rings. The number of benzene rings is 3. The van der Waals surface area contributed by atoms with Gasteiger partial charge in [-0.15, -0.1) is 0 Å². The first-order valence-corrected chi connectivity index (χ1v) is 7.36. The summed E-state index contributed by atoms with van der Waals surface area (Å²) in [5.41, 5.74) is 4.81. The van der Waals surface area contributed by atoms with Gasteiger partial charge in [0.05, 0.1) is 6.21 Å². The van der Waals surface area contributed by atoms with E-state index in [9.17, 15) is 0 Å². The third kappa shape index (κ3) is 3.48. The summed E-state index contributed by atoms with van der Waals surface area (Å²) >= 11 is 5.21. The molecular weight excluding hydrogens is 290 g/mol. The summed E-state index contributed by atoms with van der Waals surface area (Å²) in [5, 5.41) is 10.1. The summed E-state index contributed by atoms with van der Waals surface area (Å²) in [7, 11) is 0. The van der Waals surface area contributed by atoms with Crippen molar-refractivity contribution < 1.29 is 0 Å². The maximum Gasteiger partial charge on any atom is 0.191 e. The normalized spacial score (nSPS) is 10.7. The Labute approximate surface area is 134 Å². The van der Waals surface area contributed by atoms with Crippen LogP contribution in [-0.4, -0.2) is 11.3 Å². The summed E-state index contributed by atoms with van der Waals surface area (Å²) in [5.74, 6) is 0. The molecule has 0 saturated carbocycles. The minimum absolute atomic E-state index is 0.461. The van der Waals surface area contributed by atoms with E-state index in [1.807, 2.05) is 54.6 Å². The summed E-state index contributed by atoms with van der Waals surface area (Å²) in [6.45, 7) is 0. The molecule has 0 saturated heterocycles. The van der Waals surface area contributed by atoms with Gasteiger partial charge in [-0.05, 0) is 35.1 Å². The number of rotatable bonds is 3. The second-order valence-corrected chi connectivity index (χ2v) is 5.17. The van der Waals surface area contributed by atoms with Gasteiger partial charge in [0.1, 0.15) is 0 Å². The largest absolute Gasteiger partial charge is 0.331 e. The monoisotopic (exact) mass is 305 g/mol. The zero-order valence-corrected chi connectivity index (χ0v) is 12.7. The first kappa shape index (κ1) is 14.2. The van der Waals surface area contributed by atoms with Crippen LogP contribution in [0.4, 0.5) is 5.69 Å². The zero-order chi connectivity index (χ0) is 15.2. The predicted molar refractivity (Wildman–Crippen MR) is 97.3 cm³/mol. The molecule has 3 aromatic carbocycles.